The van der Waals surface area contributed by atoms with E-state index in [2.05, 4.69) is 12.2 Å². The van der Waals surface area contributed by atoms with E-state index in [0.29, 0.717) is 5.92 Å². The van der Waals surface area contributed by atoms with Crippen molar-refractivity contribution in [1.82, 2.24) is 15.3 Å². The van der Waals surface area contributed by atoms with Crippen molar-refractivity contribution in [3.8, 4) is 0 Å². The van der Waals surface area contributed by atoms with E-state index in [-0.39, 0.29) is 5.60 Å². The van der Waals surface area contributed by atoms with Crippen molar-refractivity contribution in [3.05, 3.63) is 22.8 Å². The Labute approximate surface area is 120 Å². The number of nitrogens with zero attached hydrogens (tertiary/aromatic N) is 2. The van der Waals surface area contributed by atoms with Crippen LogP contribution in [0.2, 0.25) is 0 Å². The smallest absolute Gasteiger partial charge is 0.160 e. The van der Waals surface area contributed by atoms with Crippen LogP contribution in [0.3, 0.4) is 0 Å². The summed E-state index contributed by atoms with van der Waals surface area (Å²) in [6.07, 6.45) is 7.05. The quantitative estimate of drug-likeness (QED) is 0.899. The summed E-state index contributed by atoms with van der Waals surface area (Å²) in [7, 11) is 0. The first kappa shape index (κ1) is 12.7. The fourth-order valence-electron chi connectivity index (χ4n) is 3.41. The van der Waals surface area contributed by atoms with Gasteiger partial charge in [0.2, 0.25) is 0 Å². The summed E-state index contributed by atoms with van der Waals surface area (Å²) in [6, 6.07) is 0. The largest absolute Gasteiger partial charge is 0.367 e. The lowest BCUT2D eigenvalue weighted by Gasteiger charge is -2.33. The molecule has 4 nitrogen and oxygen atoms in total. The molecule has 1 N–H and O–H groups in total. The Morgan fingerprint density at radius 3 is 2.90 bits per heavy atom. The first-order chi connectivity index (χ1) is 9.76. The molecule has 1 aromatic rings. The maximum atomic E-state index is 6.06. The lowest BCUT2D eigenvalue weighted by atomic mass is 9.93. The third-order valence-corrected chi connectivity index (χ3v) is 4.87. The van der Waals surface area contributed by atoms with E-state index < -0.39 is 0 Å². The average Bonchev–Trinajstić information content (AvgIpc) is 3.31. The van der Waals surface area contributed by atoms with Gasteiger partial charge in [-0.05, 0) is 39.0 Å². The highest BCUT2D eigenvalue weighted by Gasteiger charge is 2.37. The van der Waals surface area contributed by atoms with Gasteiger partial charge < -0.3 is 10.1 Å². The standard InChI is InChI=1S/C16H23N3O/c1-16(7-2-3-9-20-16)15-18-13-6-8-17-10-12(13)14(19-15)11-4-5-11/h11,17H,2-10H2,1H3. The maximum absolute atomic E-state index is 6.06. The second-order valence-electron chi connectivity index (χ2n) is 6.60. The molecule has 0 spiro atoms. The van der Waals surface area contributed by atoms with Gasteiger partial charge >= 0.3 is 0 Å². The predicted molar refractivity (Wildman–Crippen MR) is 76.6 cm³/mol. The molecule has 2 fully saturated rings. The Morgan fingerprint density at radius 1 is 1.25 bits per heavy atom. The number of rotatable bonds is 2. The van der Waals surface area contributed by atoms with Gasteiger partial charge in [-0.15, -0.1) is 0 Å². The average molecular weight is 273 g/mol. The molecular weight excluding hydrogens is 250 g/mol. The second-order valence-corrected chi connectivity index (χ2v) is 6.60. The van der Waals surface area contributed by atoms with Crippen LogP contribution in [0.5, 0.6) is 0 Å². The molecule has 1 saturated carbocycles. The highest BCUT2D eigenvalue weighted by atomic mass is 16.5. The summed E-state index contributed by atoms with van der Waals surface area (Å²) in [5.74, 6) is 1.62. The number of hydrogen-bond donors (Lipinski definition) is 1. The van der Waals surface area contributed by atoms with Crippen LogP contribution >= 0.6 is 0 Å². The molecule has 2 aliphatic heterocycles. The number of hydrogen-bond acceptors (Lipinski definition) is 4. The summed E-state index contributed by atoms with van der Waals surface area (Å²) in [5, 5.41) is 3.46. The van der Waals surface area contributed by atoms with E-state index in [0.717, 1.165) is 38.4 Å². The zero-order valence-corrected chi connectivity index (χ0v) is 12.2. The van der Waals surface area contributed by atoms with Crippen molar-refractivity contribution < 1.29 is 4.74 Å². The number of aromatic nitrogens is 2. The Bertz CT molecular complexity index is 519. The van der Waals surface area contributed by atoms with E-state index in [1.165, 1.54) is 42.6 Å². The van der Waals surface area contributed by atoms with Crippen LogP contribution in [0, 0.1) is 0 Å². The Balaban J connectivity index is 1.77. The number of ether oxygens (including phenoxy) is 1. The highest BCUT2D eigenvalue weighted by Crippen LogP contribution is 2.43. The highest BCUT2D eigenvalue weighted by molar-refractivity contribution is 5.34. The summed E-state index contributed by atoms with van der Waals surface area (Å²) in [4.78, 5) is 9.87. The first-order valence-electron chi connectivity index (χ1n) is 8.01. The lowest BCUT2D eigenvalue weighted by molar-refractivity contribution is -0.0763. The van der Waals surface area contributed by atoms with Crippen LogP contribution in [0.25, 0.3) is 0 Å². The molecule has 1 unspecified atom stereocenters. The van der Waals surface area contributed by atoms with Crippen molar-refractivity contribution in [2.75, 3.05) is 13.2 Å². The van der Waals surface area contributed by atoms with E-state index in [9.17, 15) is 0 Å². The molecule has 4 rings (SSSR count). The van der Waals surface area contributed by atoms with Gasteiger partial charge in [-0.1, -0.05) is 0 Å². The molecule has 0 amide bonds. The Morgan fingerprint density at radius 2 is 2.15 bits per heavy atom. The SMILES string of the molecule is CC1(c2nc3c(c(C4CC4)n2)CNCC3)CCCCO1. The van der Waals surface area contributed by atoms with Gasteiger partial charge in [-0.2, -0.15) is 0 Å². The fraction of sp³-hybridized carbons (Fsp3) is 0.750. The summed E-state index contributed by atoms with van der Waals surface area (Å²) in [6.45, 7) is 4.99. The van der Waals surface area contributed by atoms with Gasteiger partial charge in [0, 0.05) is 37.6 Å². The summed E-state index contributed by atoms with van der Waals surface area (Å²) >= 11 is 0. The molecule has 0 bridgehead atoms. The summed E-state index contributed by atoms with van der Waals surface area (Å²) < 4.78 is 6.06. The Hall–Kier alpha value is -1.00. The van der Waals surface area contributed by atoms with Crippen molar-refractivity contribution >= 4 is 0 Å². The van der Waals surface area contributed by atoms with Crippen molar-refractivity contribution in [1.29, 1.82) is 0 Å². The molecular formula is C16H23N3O. The van der Waals surface area contributed by atoms with Crippen LogP contribution in [-0.2, 0) is 23.3 Å². The van der Waals surface area contributed by atoms with E-state index >= 15 is 0 Å². The fourth-order valence-corrected chi connectivity index (χ4v) is 3.41. The zero-order valence-electron chi connectivity index (χ0n) is 12.2. The van der Waals surface area contributed by atoms with Crippen molar-refractivity contribution in [3.63, 3.8) is 0 Å². The van der Waals surface area contributed by atoms with Gasteiger partial charge in [-0.3, -0.25) is 0 Å². The molecule has 1 aliphatic carbocycles. The molecule has 0 radical (unpaired) electrons. The molecule has 1 atom stereocenters. The van der Waals surface area contributed by atoms with Crippen LogP contribution in [0.1, 0.15) is 67.7 Å². The van der Waals surface area contributed by atoms with Gasteiger partial charge in [0.25, 0.3) is 0 Å². The minimum Gasteiger partial charge on any atom is -0.367 e. The zero-order chi connectivity index (χ0) is 13.6. The number of fused-ring (bicyclic) bond motifs is 1. The maximum Gasteiger partial charge on any atom is 0.160 e. The second kappa shape index (κ2) is 4.78. The van der Waals surface area contributed by atoms with Crippen LogP contribution in [0.15, 0.2) is 0 Å². The van der Waals surface area contributed by atoms with E-state index in [1.54, 1.807) is 0 Å². The molecule has 0 aromatic carbocycles. The Kier molecular flexibility index (Phi) is 3.04. The minimum absolute atomic E-state index is 0.262. The van der Waals surface area contributed by atoms with Crippen molar-refractivity contribution in [2.45, 2.75) is 63.5 Å². The molecule has 3 aliphatic rings. The lowest BCUT2D eigenvalue weighted by Crippen LogP contribution is -2.35. The van der Waals surface area contributed by atoms with Gasteiger partial charge in [0.05, 0.1) is 11.4 Å². The normalized spacial score (nSPS) is 30.1. The van der Waals surface area contributed by atoms with Gasteiger partial charge in [-0.25, -0.2) is 9.97 Å². The molecule has 20 heavy (non-hydrogen) atoms. The van der Waals surface area contributed by atoms with E-state index in [4.69, 9.17) is 14.7 Å². The van der Waals surface area contributed by atoms with Gasteiger partial charge in [0.15, 0.2) is 5.82 Å². The first-order valence-corrected chi connectivity index (χ1v) is 8.01. The third kappa shape index (κ3) is 2.15. The number of nitrogens with one attached hydrogen (secondary N) is 1. The summed E-state index contributed by atoms with van der Waals surface area (Å²) in [5.41, 5.74) is 3.70. The molecule has 4 heteroatoms. The minimum atomic E-state index is -0.262. The topological polar surface area (TPSA) is 47.0 Å². The monoisotopic (exact) mass is 273 g/mol. The molecule has 1 saturated heterocycles. The van der Waals surface area contributed by atoms with Crippen molar-refractivity contribution in [2.24, 2.45) is 0 Å². The van der Waals surface area contributed by atoms with Crippen LogP contribution < -0.4 is 5.32 Å². The molecule has 1 aromatic heterocycles. The van der Waals surface area contributed by atoms with Crippen LogP contribution in [0.4, 0.5) is 0 Å². The molecule has 3 heterocycles. The molecule has 108 valence electrons. The van der Waals surface area contributed by atoms with Crippen LogP contribution in [-0.4, -0.2) is 23.1 Å². The third-order valence-electron chi connectivity index (χ3n) is 4.87. The van der Waals surface area contributed by atoms with Gasteiger partial charge in [0.1, 0.15) is 5.60 Å². The predicted octanol–water partition coefficient (Wildman–Crippen LogP) is 2.42. The van der Waals surface area contributed by atoms with E-state index in [1.807, 2.05) is 0 Å².